The van der Waals surface area contributed by atoms with Crippen molar-refractivity contribution < 1.29 is 38.3 Å². The van der Waals surface area contributed by atoms with E-state index in [9.17, 15) is 24.5 Å². The van der Waals surface area contributed by atoms with Crippen LogP contribution in [0.25, 0.3) is 0 Å². The predicted molar refractivity (Wildman–Crippen MR) is 114 cm³/mol. The van der Waals surface area contributed by atoms with E-state index >= 15 is 0 Å². The molecule has 0 aromatic heterocycles. The van der Waals surface area contributed by atoms with Gasteiger partial charge in [0.05, 0.1) is 26.3 Å². The second kappa shape index (κ2) is 11.9. The van der Waals surface area contributed by atoms with Gasteiger partial charge in [0, 0.05) is 35.9 Å². The van der Waals surface area contributed by atoms with E-state index in [1.54, 1.807) is 12.1 Å². The highest BCUT2D eigenvalue weighted by atomic mass is 16.6. The highest BCUT2D eigenvalue weighted by molar-refractivity contribution is 5.96. The molecule has 2 aromatic rings. The first-order valence-electron chi connectivity index (χ1n) is 9.52. The topological polar surface area (TPSA) is 155 Å². The van der Waals surface area contributed by atoms with E-state index in [0.717, 1.165) is 6.07 Å². The molecule has 0 bridgehead atoms. The summed E-state index contributed by atoms with van der Waals surface area (Å²) in [6.45, 7) is -1.01. The van der Waals surface area contributed by atoms with Crippen molar-refractivity contribution in [2.45, 2.75) is 6.54 Å². The third-order valence-corrected chi connectivity index (χ3v) is 4.34. The van der Waals surface area contributed by atoms with Crippen LogP contribution in [0.15, 0.2) is 36.4 Å². The van der Waals surface area contributed by atoms with Crippen LogP contribution in [0, 0.1) is 10.1 Å². The van der Waals surface area contributed by atoms with Crippen LogP contribution in [-0.2, 0) is 20.9 Å². The lowest BCUT2D eigenvalue weighted by atomic mass is 10.1. The molecule has 0 aliphatic rings. The molecule has 0 saturated heterocycles. The lowest BCUT2D eigenvalue weighted by Crippen LogP contribution is -2.33. The minimum atomic E-state index is -0.854. The van der Waals surface area contributed by atoms with E-state index in [1.807, 2.05) is 0 Å². The minimum Gasteiger partial charge on any atom is -0.496 e. The van der Waals surface area contributed by atoms with Crippen molar-refractivity contribution in [3.63, 3.8) is 0 Å². The van der Waals surface area contributed by atoms with Gasteiger partial charge in [-0.05, 0) is 12.1 Å². The summed E-state index contributed by atoms with van der Waals surface area (Å²) in [5.74, 6) is -0.744. The molecule has 176 valence electrons. The number of nitro benzene ring substituents is 1. The molecular formula is C21H23N3O9. The van der Waals surface area contributed by atoms with Crippen LogP contribution in [0.2, 0.25) is 0 Å². The summed E-state index contributed by atoms with van der Waals surface area (Å²) in [6, 6.07) is 8.29. The molecule has 2 aromatic carbocycles. The quantitative estimate of drug-likeness (QED) is 0.285. The van der Waals surface area contributed by atoms with Gasteiger partial charge in [0.1, 0.15) is 12.3 Å². The van der Waals surface area contributed by atoms with Crippen LogP contribution in [0.5, 0.6) is 17.2 Å². The maximum Gasteiger partial charge on any atom is 0.325 e. The summed E-state index contributed by atoms with van der Waals surface area (Å²) in [5, 5.41) is 15.6. The van der Waals surface area contributed by atoms with Crippen molar-refractivity contribution >= 4 is 23.5 Å². The van der Waals surface area contributed by atoms with Gasteiger partial charge in [-0.25, -0.2) is 0 Å². The molecule has 0 heterocycles. The van der Waals surface area contributed by atoms with Crippen LogP contribution in [-0.4, -0.2) is 57.2 Å². The van der Waals surface area contributed by atoms with Crippen LogP contribution < -0.4 is 24.8 Å². The molecule has 12 nitrogen and oxygen atoms in total. The van der Waals surface area contributed by atoms with Crippen molar-refractivity contribution in [1.29, 1.82) is 0 Å². The first-order chi connectivity index (χ1) is 15.8. The zero-order valence-corrected chi connectivity index (χ0v) is 18.2. The molecule has 0 unspecified atom stereocenters. The van der Waals surface area contributed by atoms with Gasteiger partial charge in [0.2, 0.25) is 0 Å². The maximum atomic E-state index is 12.0. The lowest BCUT2D eigenvalue weighted by Gasteiger charge is -2.14. The van der Waals surface area contributed by atoms with Crippen LogP contribution in [0.4, 0.5) is 5.69 Å². The van der Waals surface area contributed by atoms with Gasteiger partial charge < -0.3 is 29.6 Å². The summed E-state index contributed by atoms with van der Waals surface area (Å²) in [7, 11) is 4.43. The van der Waals surface area contributed by atoms with Crippen LogP contribution >= 0.6 is 0 Å². The SMILES string of the molecule is COc1cc(OC)c(OC)cc1CNC(=O)COC(=O)CNC(=O)c1cccc([N+](=O)[O-])c1. The molecule has 0 radical (unpaired) electrons. The van der Waals surface area contributed by atoms with E-state index in [2.05, 4.69) is 10.6 Å². The fourth-order valence-electron chi connectivity index (χ4n) is 2.69. The minimum absolute atomic E-state index is 0.0126. The molecule has 0 saturated carbocycles. The first kappa shape index (κ1) is 24.9. The third-order valence-electron chi connectivity index (χ3n) is 4.34. The second-order valence-electron chi connectivity index (χ2n) is 6.45. The summed E-state index contributed by atoms with van der Waals surface area (Å²) in [4.78, 5) is 46.0. The Labute approximate surface area is 188 Å². The Kier molecular flexibility index (Phi) is 8.97. The number of rotatable bonds is 11. The number of nitro groups is 1. The number of benzene rings is 2. The number of carbonyl (C=O) groups is 3. The molecule has 12 heteroatoms. The molecule has 0 spiro atoms. The molecule has 33 heavy (non-hydrogen) atoms. The van der Waals surface area contributed by atoms with Crippen molar-refractivity contribution in [3.8, 4) is 17.2 Å². The molecule has 0 aliphatic carbocycles. The standard InChI is InChI=1S/C21H23N3O9/c1-30-16-9-18(32-3)17(31-2)8-14(16)10-22-19(25)12-33-20(26)11-23-21(27)13-5-4-6-15(7-13)24(28)29/h4-9H,10-12H2,1-3H3,(H,22,25)(H,23,27). The summed E-state index contributed by atoms with van der Waals surface area (Å²) in [6.07, 6.45) is 0. The zero-order chi connectivity index (χ0) is 24.4. The Balaban J connectivity index is 1.82. The lowest BCUT2D eigenvalue weighted by molar-refractivity contribution is -0.384. The highest BCUT2D eigenvalue weighted by Gasteiger charge is 2.15. The highest BCUT2D eigenvalue weighted by Crippen LogP contribution is 2.34. The van der Waals surface area contributed by atoms with Crippen molar-refractivity contribution in [3.05, 3.63) is 57.6 Å². The van der Waals surface area contributed by atoms with E-state index in [1.165, 1.54) is 39.5 Å². The maximum absolute atomic E-state index is 12.0. The molecule has 0 fully saturated rings. The third kappa shape index (κ3) is 7.09. The Hall–Kier alpha value is -4.35. The molecule has 2 amide bonds. The van der Waals surface area contributed by atoms with E-state index in [0.29, 0.717) is 22.8 Å². The smallest absolute Gasteiger partial charge is 0.325 e. The van der Waals surface area contributed by atoms with Gasteiger partial charge >= 0.3 is 5.97 Å². The molecule has 0 aliphatic heterocycles. The van der Waals surface area contributed by atoms with Crippen LogP contribution in [0.3, 0.4) is 0 Å². The van der Waals surface area contributed by atoms with E-state index in [4.69, 9.17) is 18.9 Å². The van der Waals surface area contributed by atoms with Crippen molar-refractivity contribution in [1.82, 2.24) is 10.6 Å². The monoisotopic (exact) mass is 461 g/mol. The number of esters is 1. The number of nitrogens with one attached hydrogen (secondary N) is 2. The Morgan fingerprint density at radius 3 is 2.24 bits per heavy atom. The van der Waals surface area contributed by atoms with Gasteiger partial charge in [0.25, 0.3) is 17.5 Å². The van der Waals surface area contributed by atoms with Gasteiger partial charge in [0.15, 0.2) is 18.1 Å². The summed E-state index contributed by atoms with van der Waals surface area (Å²) < 4.78 is 20.5. The van der Waals surface area contributed by atoms with Gasteiger partial charge in [-0.15, -0.1) is 0 Å². The second-order valence-corrected chi connectivity index (χ2v) is 6.45. The average molecular weight is 461 g/mol. The van der Waals surface area contributed by atoms with Crippen molar-refractivity contribution in [2.75, 3.05) is 34.5 Å². The molecule has 0 atom stereocenters. The predicted octanol–water partition coefficient (Wildman–Crippen LogP) is 1.21. The van der Waals surface area contributed by atoms with E-state index in [-0.39, 0.29) is 17.8 Å². The first-order valence-corrected chi connectivity index (χ1v) is 9.52. The van der Waals surface area contributed by atoms with Gasteiger partial charge in [-0.2, -0.15) is 0 Å². The number of amides is 2. The number of nitrogens with zero attached hydrogens (tertiary/aromatic N) is 1. The average Bonchev–Trinajstić information content (AvgIpc) is 2.83. The Morgan fingerprint density at radius 1 is 0.939 bits per heavy atom. The van der Waals surface area contributed by atoms with Crippen molar-refractivity contribution in [2.24, 2.45) is 0 Å². The fourth-order valence-corrected chi connectivity index (χ4v) is 2.69. The normalized spacial score (nSPS) is 10.0. The number of ether oxygens (including phenoxy) is 4. The summed E-state index contributed by atoms with van der Waals surface area (Å²) >= 11 is 0. The zero-order valence-electron chi connectivity index (χ0n) is 18.2. The number of non-ortho nitro benzene ring substituents is 1. The summed E-state index contributed by atoms with van der Waals surface area (Å²) in [5.41, 5.74) is 0.366. The fraction of sp³-hybridized carbons (Fsp3) is 0.286. The van der Waals surface area contributed by atoms with Gasteiger partial charge in [-0.3, -0.25) is 24.5 Å². The molecule has 2 rings (SSSR count). The van der Waals surface area contributed by atoms with Gasteiger partial charge in [-0.1, -0.05) is 6.07 Å². The number of carbonyl (C=O) groups excluding carboxylic acids is 3. The molecule has 2 N–H and O–H groups in total. The van der Waals surface area contributed by atoms with Crippen LogP contribution in [0.1, 0.15) is 15.9 Å². The number of hydrogen-bond donors (Lipinski definition) is 2. The number of methoxy groups -OCH3 is 3. The molecular weight excluding hydrogens is 438 g/mol. The largest absolute Gasteiger partial charge is 0.496 e. The Bertz CT molecular complexity index is 1040. The number of hydrogen-bond acceptors (Lipinski definition) is 9. The Morgan fingerprint density at radius 2 is 1.61 bits per heavy atom. The van der Waals surface area contributed by atoms with E-state index < -0.39 is 35.9 Å².